The van der Waals surface area contributed by atoms with Gasteiger partial charge in [-0.3, -0.25) is 25.2 Å². The minimum Gasteiger partial charge on any atom is -0.451 e. The van der Waals surface area contributed by atoms with Gasteiger partial charge in [-0.05, 0) is 43.3 Å². The summed E-state index contributed by atoms with van der Waals surface area (Å²) in [4.78, 5) is 51.2. The van der Waals surface area contributed by atoms with Gasteiger partial charge in [-0.25, -0.2) is 4.79 Å². The van der Waals surface area contributed by atoms with E-state index in [1.54, 1.807) is 47.8 Å². The minimum atomic E-state index is -1.13. The monoisotopic (exact) mass is 415 g/mol. The molecule has 1 aliphatic rings. The molecule has 1 aromatic carbocycles. The predicted molar refractivity (Wildman–Crippen MR) is 106 cm³/mol. The topological polar surface area (TPSA) is 105 Å². The van der Waals surface area contributed by atoms with E-state index < -0.39 is 29.9 Å². The summed E-state index contributed by atoms with van der Waals surface area (Å²) in [5, 5.41) is 1.80. The lowest BCUT2D eigenvalue weighted by Crippen LogP contribution is -2.48. The van der Waals surface area contributed by atoms with Crippen molar-refractivity contribution in [3.8, 4) is 0 Å². The van der Waals surface area contributed by atoms with Crippen LogP contribution in [0.15, 0.2) is 47.8 Å². The van der Waals surface area contributed by atoms with Gasteiger partial charge in [0.2, 0.25) is 0 Å². The normalized spacial score (nSPS) is 16.7. The Morgan fingerprint density at radius 1 is 1.10 bits per heavy atom. The Morgan fingerprint density at radius 3 is 2.55 bits per heavy atom. The van der Waals surface area contributed by atoms with Crippen LogP contribution in [0.25, 0.3) is 0 Å². The van der Waals surface area contributed by atoms with Crippen LogP contribution < -0.4 is 10.9 Å². The predicted octanol–water partition coefficient (Wildman–Crippen LogP) is 1.75. The van der Waals surface area contributed by atoms with Crippen molar-refractivity contribution >= 4 is 35.0 Å². The molecule has 2 atom stereocenters. The van der Waals surface area contributed by atoms with Crippen LogP contribution in [0.4, 0.5) is 0 Å². The largest absolute Gasteiger partial charge is 0.451 e. The Balaban J connectivity index is 1.52. The zero-order chi connectivity index (χ0) is 20.8. The van der Waals surface area contributed by atoms with E-state index >= 15 is 0 Å². The van der Waals surface area contributed by atoms with Crippen molar-refractivity contribution in [3.05, 3.63) is 58.3 Å². The molecule has 2 heterocycles. The second kappa shape index (κ2) is 9.33. The zero-order valence-electron chi connectivity index (χ0n) is 15.8. The second-order valence-corrected chi connectivity index (χ2v) is 7.47. The fraction of sp³-hybridized carbons (Fsp3) is 0.300. The average Bonchev–Trinajstić information content (AvgIpc) is 3.44. The van der Waals surface area contributed by atoms with Crippen LogP contribution >= 0.6 is 11.3 Å². The van der Waals surface area contributed by atoms with Crippen LogP contribution in [0.2, 0.25) is 0 Å². The smallest absolute Gasteiger partial charge is 0.329 e. The highest BCUT2D eigenvalue weighted by atomic mass is 32.1. The van der Waals surface area contributed by atoms with E-state index in [4.69, 9.17) is 4.74 Å². The number of likely N-dealkylation sites (tertiary alicyclic amines) is 1. The van der Waals surface area contributed by atoms with E-state index in [9.17, 15) is 19.2 Å². The molecule has 0 spiro atoms. The van der Waals surface area contributed by atoms with Gasteiger partial charge in [-0.1, -0.05) is 24.3 Å². The van der Waals surface area contributed by atoms with Crippen molar-refractivity contribution in [1.82, 2.24) is 15.8 Å². The number of nitrogens with zero attached hydrogens (tertiary/aromatic N) is 1. The number of ether oxygens (including phenoxy) is 1. The molecule has 152 valence electrons. The average molecular weight is 415 g/mol. The number of hydrogen-bond acceptors (Lipinski definition) is 6. The molecular formula is C20H21N3O5S. The fourth-order valence-electron chi connectivity index (χ4n) is 2.98. The third kappa shape index (κ3) is 5.00. The van der Waals surface area contributed by atoms with Crippen molar-refractivity contribution in [1.29, 1.82) is 0 Å². The lowest BCUT2D eigenvalue weighted by molar-refractivity contribution is -0.158. The summed E-state index contributed by atoms with van der Waals surface area (Å²) in [7, 11) is 0. The van der Waals surface area contributed by atoms with Crippen LogP contribution in [0.3, 0.4) is 0 Å². The van der Waals surface area contributed by atoms with E-state index in [-0.39, 0.29) is 5.91 Å². The van der Waals surface area contributed by atoms with Crippen molar-refractivity contribution in [2.45, 2.75) is 31.9 Å². The molecule has 0 saturated carbocycles. The van der Waals surface area contributed by atoms with Crippen LogP contribution in [0, 0.1) is 0 Å². The third-order valence-electron chi connectivity index (χ3n) is 4.52. The lowest BCUT2D eigenvalue weighted by Gasteiger charge is -2.24. The third-order valence-corrected chi connectivity index (χ3v) is 5.37. The van der Waals surface area contributed by atoms with Crippen molar-refractivity contribution in [2.75, 3.05) is 6.54 Å². The van der Waals surface area contributed by atoms with Crippen molar-refractivity contribution < 1.29 is 23.9 Å². The van der Waals surface area contributed by atoms with Crippen molar-refractivity contribution in [2.24, 2.45) is 0 Å². The maximum Gasteiger partial charge on any atom is 0.329 e. The number of thiophene rings is 1. The molecule has 1 saturated heterocycles. The molecular weight excluding hydrogens is 394 g/mol. The number of esters is 1. The number of nitrogens with one attached hydrogen (secondary N) is 2. The van der Waals surface area contributed by atoms with E-state index in [1.807, 2.05) is 0 Å². The van der Waals surface area contributed by atoms with Gasteiger partial charge >= 0.3 is 5.97 Å². The molecule has 8 nitrogen and oxygen atoms in total. The SMILES string of the molecule is C[C@@H](OC(=O)[C@@H]1CCCN1C(=O)c1cccs1)C(=O)NNC(=O)c1ccccc1. The maximum atomic E-state index is 12.6. The Morgan fingerprint density at radius 2 is 1.86 bits per heavy atom. The summed E-state index contributed by atoms with van der Waals surface area (Å²) >= 11 is 1.31. The van der Waals surface area contributed by atoms with Crippen LogP contribution in [-0.4, -0.2) is 47.3 Å². The van der Waals surface area contributed by atoms with Gasteiger partial charge in [0.1, 0.15) is 6.04 Å². The summed E-state index contributed by atoms with van der Waals surface area (Å²) in [6, 6.07) is 11.1. The first kappa shape index (κ1) is 20.5. The molecule has 0 unspecified atom stereocenters. The van der Waals surface area contributed by atoms with E-state index in [0.29, 0.717) is 29.8 Å². The summed E-state index contributed by atoms with van der Waals surface area (Å²) in [6.45, 7) is 1.87. The standard InChI is InChI=1S/C20H21N3O5S/c1-13(17(24)21-22-18(25)14-7-3-2-4-8-14)28-20(27)15-9-5-11-23(15)19(26)16-10-6-12-29-16/h2-4,6-8,10,12-13,15H,5,9,11H2,1H3,(H,21,24)(H,22,25)/t13-,15+/m1/s1. The number of carbonyl (C=O) groups excluding carboxylic acids is 4. The van der Waals surface area contributed by atoms with E-state index in [2.05, 4.69) is 10.9 Å². The highest BCUT2D eigenvalue weighted by Crippen LogP contribution is 2.23. The second-order valence-electron chi connectivity index (χ2n) is 6.52. The zero-order valence-corrected chi connectivity index (χ0v) is 16.6. The maximum absolute atomic E-state index is 12.6. The van der Waals surface area contributed by atoms with E-state index in [0.717, 1.165) is 0 Å². The highest BCUT2D eigenvalue weighted by molar-refractivity contribution is 7.12. The molecule has 0 bridgehead atoms. The van der Waals surface area contributed by atoms with E-state index in [1.165, 1.54) is 23.2 Å². The summed E-state index contributed by atoms with van der Waals surface area (Å²) in [5.74, 6) is -2.01. The molecule has 9 heteroatoms. The number of rotatable bonds is 5. The van der Waals surface area contributed by atoms with Gasteiger partial charge in [0.25, 0.3) is 17.7 Å². The molecule has 1 fully saturated rings. The Bertz CT molecular complexity index is 885. The number of amides is 3. The Hall–Kier alpha value is -3.20. The number of hydrazine groups is 1. The van der Waals surface area contributed by atoms with Crippen LogP contribution in [-0.2, 0) is 14.3 Å². The lowest BCUT2D eigenvalue weighted by atomic mass is 10.2. The molecule has 2 N–H and O–H groups in total. The quantitative estimate of drug-likeness (QED) is 0.572. The first-order chi connectivity index (χ1) is 14.0. The molecule has 0 radical (unpaired) electrons. The number of carbonyl (C=O) groups is 4. The first-order valence-corrected chi connectivity index (χ1v) is 10.1. The Labute approximate surface area is 171 Å². The molecule has 1 aliphatic heterocycles. The van der Waals surface area contributed by atoms with Crippen LogP contribution in [0.5, 0.6) is 0 Å². The van der Waals surface area contributed by atoms with Gasteiger partial charge in [0, 0.05) is 12.1 Å². The van der Waals surface area contributed by atoms with Gasteiger partial charge in [-0.15, -0.1) is 11.3 Å². The minimum absolute atomic E-state index is 0.216. The number of benzene rings is 1. The van der Waals surface area contributed by atoms with Gasteiger partial charge in [0.15, 0.2) is 6.10 Å². The van der Waals surface area contributed by atoms with Gasteiger partial charge < -0.3 is 9.64 Å². The molecule has 2 aromatic rings. The molecule has 29 heavy (non-hydrogen) atoms. The number of hydrogen-bond donors (Lipinski definition) is 2. The van der Waals surface area contributed by atoms with Crippen LogP contribution in [0.1, 0.15) is 39.8 Å². The fourth-order valence-corrected chi connectivity index (χ4v) is 3.66. The van der Waals surface area contributed by atoms with Gasteiger partial charge in [0.05, 0.1) is 4.88 Å². The first-order valence-electron chi connectivity index (χ1n) is 9.17. The summed E-state index contributed by atoms with van der Waals surface area (Å²) in [6.07, 6.45) is 0.0393. The summed E-state index contributed by atoms with van der Waals surface area (Å²) < 4.78 is 5.24. The molecule has 3 rings (SSSR count). The molecule has 0 aliphatic carbocycles. The summed E-state index contributed by atoms with van der Waals surface area (Å²) in [5.41, 5.74) is 4.89. The van der Waals surface area contributed by atoms with Gasteiger partial charge in [-0.2, -0.15) is 0 Å². The molecule has 3 amide bonds. The Kier molecular flexibility index (Phi) is 6.61. The molecule has 1 aromatic heterocycles. The highest BCUT2D eigenvalue weighted by Gasteiger charge is 2.37. The van der Waals surface area contributed by atoms with Crippen molar-refractivity contribution in [3.63, 3.8) is 0 Å².